The lowest BCUT2D eigenvalue weighted by atomic mass is 9.97. The van der Waals surface area contributed by atoms with Crippen LogP contribution in [0.5, 0.6) is 5.75 Å². The fourth-order valence-corrected chi connectivity index (χ4v) is 5.68. The van der Waals surface area contributed by atoms with Crippen molar-refractivity contribution >= 4 is 21.8 Å². The summed E-state index contributed by atoms with van der Waals surface area (Å²) in [5.74, 6) is 0.401. The van der Waals surface area contributed by atoms with Crippen molar-refractivity contribution in [1.82, 2.24) is 14.9 Å². The minimum atomic E-state index is -3.53. The van der Waals surface area contributed by atoms with Crippen LogP contribution in [0.3, 0.4) is 0 Å². The first kappa shape index (κ1) is 30.4. The molecule has 0 saturated carbocycles. The summed E-state index contributed by atoms with van der Waals surface area (Å²) in [7, 11) is -1.93. The van der Waals surface area contributed by atoms with Crippen molar-refractivity contribution in [2.45, 2.75) is 76.3 Å². The molecule has 39 heavy (non-hydrogen) atoms. The van der Waals surface area contributed by atoms with Crippen LogP contribution in [0.2, 0.25) is 0 Å². The number of allylic oxidation sites excluding steroid dienone is 1. The summed E-state index contributed by atoms with van der Waals surface area (Å²) in [6.45, 7) is 4.65. The standard InChI is InChI=1S/C30H41N3O5S/c1-4-32-39(36,37)28-17-12-25(13-18-28)14-19-29(34)33(22-26-10-15-27(38-3)16-11-26)23(2)30(35)31-21-20-24-8-6-5-7-9-24/h8,10-13,15-18,23,32H,4-7,9,14,19-22H2,1-3H3,(H,31,35)/t23-/m0/s1. The van der Waals surface area contributed by atoms with Gasteiger partial charge in [-0.3, -0.25) is 9.59 Å². The highest BCUT2D eigenvalue weighted by Gasteiger charge is 2.26. The number of aryl methyl sites for hydroxylation is 1. The minimum Gasteiger partial charge on any atom is -0.497 e. The summed E-state index contributed by atoms with van der Waals surface area (Å²) >= 11 is 0. The smallest absolute Gasteiger partial charge is 0.242 e. The summed E-state index contributed by atoms with van der Waals surface area (Å²) in [6, 6.07) is 13.4. The molecule has 9 heteroatoms. The molecule has 0 spiro atoms. The summed E-state index contributed by atoms with van der Waals surface area (Å²) in [5.41, 5.74) is 3.14. The SMILES string of the molecule is CCNS(=O)(=O)c1ccc(CCC(=O)N(Cc2ccc(OC)cc2)[C@@H](C)C(=O)NCCC2=CCCCC2)cc1. The van der Waals surface area contributed by atoms with E-state index in [1.165, 1.54) is 18.4 Å². The maximum Gasteiger partial charge on any atom is 0.242 e. The highest BCUT2D eigenvalue weighted by molar-refractivity contribution is 7.89. The molecule has 0 aliphatic heterocycles. The molecular formula is C30H41N3O5S. The quantitative estimate of drug-likeness (QED) is 0.337. The summed E-state index contributed by atoms with van der Waals surface area (Å²) in [4.78, 5) is 28.3. The lowest BCUT2D eigenvalue weighted by Gasteiger charge is -2.29. The molecule has 1 aliphatic rings. The number of sulfonamides is 1. The van der Waals surface area contributed by atoms with Gasteiger partial charge in [-0.1, -0.05) is 42.8 Å². The molecule has 2 aromatic rings. The zero-order valence-electron chi connectivity index (χ0n) is 23.2. The lowest BCUT2D eigenvalue weighted by Crippen LogP contribution is -2.47. The third-order valence-electron chi connectivity index (χ3n) is 7.01. The Morgan fingerprint density at radius 3 is 2.31 bits per heavy atom. The van der Waals surface area contributed by atoms with E-state index >= 15 is 0 Å². The molecule has 0 heterocycles. The fourth-order valence-electron chi connectivity index (χ4n) is 4.64. The molecule has 0 saturated heterocycles. The van der Waals surface area contributed by atoms with E-state index in [-0.39, 0.29) is 23.1 Å². The molecule has 212 valence electrons. The number of nitrogens with one attached hydrogen (secondary N) is 2. The molecule has 0 aromatic heterocycles. The van der Waals surface area contributed by atoms with Crippen molar-refractivity contribution in [1.29, 1.82) is 0 Å². The first-order valence-electron chi connectivity index (χ1n) is 13.7. The van der Waals surface area contributed by atoms with Gasteiger partial charge in [0.25, 0.3) is 0 Å². The van der Waals surface area contributed by atoms with Gasteiger partial charge in [0.1, 0.15) is 11.8 Å². The molecule has 0 unspecified atom stereocenters. The van der Waals surface area contributed by atoms with Crippen LogP contribution in [0.4, 0.5) is 0 Å². The van der Waals surface area contributed by atoms with Crippen molar-refractivity contribution in [3.8, 4) is 5.75 Å². The number of ether oxygens (including phenoxy) is 1. The van der Waals surface area contributed by atoms with Crippen molar-refractivity contribution in [3.63, 3.8) is 0 Å². The maximum atomic E-state index is 13.4. The van der Waals surface area contributed by atoms with Crippen LogP contribution < -0.4 is 14.8 Å². The van der Waals surface area contributed by atoms with E-state index in [9.17, 15) is 18.0 Å². The molecule has 2 amide bonds. The second-order valence-electron chi connectivity index (χ2n) is 9.84. The van der Waals surface area contributed by atoms with Gasteiger partial charge in [0.2, 0.25) is 21.8 Å². The average Bonchev–Trinajstić information content (AvgIpc) is 2.95. The van der Waals surface area contributed by atoms with E-state index in [2.05, 4.69) is 16.1 Å². The van der Waals surface area contributed by atoms with Crippen molar-refractivity contribution in [3.05, 3.63) is 71.3 Å². The van der Waals surface area contributed by atoms with Crippen molar-refractivity contribution in [2.75, 3.05) is 20.2 Å². The van der Waals surface area contributed by atoms with Gasteiger partial charge in [0, 0.05) is 26.1 Å². The lowest BCUT2D eigenvalue weighted by molar-refractivity contribution is -0.140. The van der Waals surface area contributed by atoms with Crippen LogP contribution in [0.15, 0.2) is 65.1 Å². The molecule has 0 bridgehead atoms. The Labute approximate surface area is 232 Å². The molecule has 8 nitrogen and oxygen atoms in total. The Hall–Kier alpha value is -3.17. The number of rotatable bonds is 14. The molecule has 0 fully saturated rings. The molecule has 2 aromatic carbocycles. The Morgan fingerprint density at radius 1 is 1.00 bits per heavy atom. The fraction of sp³-hybridized carbons (Fsp3) is 0.467. The summed E-state index contributed by atoms with van der Waals surface area (Å²) in [6.07, 6.45) is 8.38. The Balaban J connectivity index is 1.66. The van der Waals surface area contributed by atoms with E-state index in [1.807, 2.05) is 24.3 Å². The Kier molecular flexibility index (Phi) is 11.6. The van der Waals surface area contributed by atoms with Gasteiger partial charge >= 0.3 is 0 Å². The number of hydrogen-bond donors (Lipinski definition) is 2. The second-order valence-corrected chi connectivity index (χ2v) is 11.6. The van der Waals surface area contributed by atoms with Gasteiger partial charge in [0.05, 0.1) is 12.0 Å². The predicted octanol–water partition coefficient (Wildman–Crippen LogP) is 4.35. The molecule has 1 atom stereocenters. The molecule has 0 radical (unpaired) electrons. The van der Waals surface area contributed by atoms with Gasteiger partial charge in [-0.25, -0.2) is 13.1 Å². The second kappa shape index (κ2) is 14.8. The number of carbonyl (C=O) groups is 2. The van der Waals surface area contributed by atoms with Crippen LogP contribution in [-0.2, 0) is 32.6 Å². The summed E-state index contributed by atoms with van der Waals surface area (Å²) < 4.78 is 32.1. The van der Waals surface area contributed by atoms with Gasteiger partial charge in [-0.05, 0) is 80.8 Å². The number of nitrogens with zero attached hydrogens (tertiary/aromatic N) is 1. The molecule has 3 rings (SSSR count). The van der Waals surface area contributed by atoms with Crippen LogP contribution in [0, 0.1) is 0 Å². The van der Waals surface area contributed by atoms with E-state index in [0.29, 0.717) is 26.1 Å². The van der Waals surface area contributed by atoms with E-state index in [4.69, 9.17) is 4.74 Å². The minimum absolute atomic E-state index is 0.146. The average molecular weight is 556 g/mol. The third kappa shape index (κ3) is 9.21. The van der Waals surface area contributed by atoms with E-state index in [0.717, 1.165) is 36.1 Å². The highest BCUT2D eigenvalue weighted by atomic mass is 32.2. The summed E-state index contributed by atoms with van der Waals surface area (Å²) in [5, 5.41) is 3.02. The zero-order chi connectivity index (χ0) is 28.3. The number of benzene rings is 2. The zero-order valence-corrected chi connectivity index (χ0v) is 24.1. The van der Waals surface area contributed by atoms with Crippen LogP contribution in [-0.4, -0.2) is 51.4 Å². The number of carbonyl (C=O) groups excluding carboxylic acids is 2. The molecule has 1 aliphatic carbocycles. The Morgan fingerprint density at radius 2 is 1.69 bits per heavy atom. The number of methoxy groups -OCH3 is 1. The topological polar surface area (TPSA) is 105 Å². The number of hydrogen-bond acceptors (Lipinski definition) is 5. The van der Waals surface area contributed by atoms with Crippen LogP contribution >= 0.6 is 0 Å². The maximum absolute atomic E-state index is 13.4. The van der Waals surface area contributed by atoms with Gasteiger partial charge in [-0.15, -0.1) is 0 Å². The van der Waals surface area contributed by atoms with Crippen molar-refractivity contribution < 1.29 is 22.7 Å². The predicted molar refractivity (Wildman–Crippen MR) is 153 cm³/mol. The monoisotopic (exact) mass is 555 g/mol. The largest absolute Gasteiger partial charge is 0.497 e. The third-order valence-corrected chi connectivity index (χ3v) is 8.57. The molecular weight excluding hydrogens is 514 g/mol. The van der Waals surface area contributed by atoms with Gasteiger partial charge < -0.3 is 15.0 Å². The highest BCUT2D eigenvalue weighted by Crippen LogP contribution is 2.20. The molecule has 2 N–H and O–H groups in total. The van der Waals surface area contributed by atoms with E-state index in [1.54, 1.807) is 50.1 Å². The van der Waals surface area contributed by atoms with Gasteiger partial charge in [0.15, 0.2) is 0 Å². The van der Waals surface area contributed by atoms with Crippen LogP contribution in [0.25, 0.3) is 0 Å². The van der Waals surface area contributed by atoms with Gasteiger partial charge in [-0.2, -0.15) is 0 Å². The first-order valence-corrected chi connectivity index (χ1v) is 15.2. The van der Waals surface area contributed by atoms with Crippen LogP contribution in [0.1, 0.15) is 63.5 Å². The van der Waals surface area contributed by atoms with Crippen molar-refractivity contribution in [2.24, 2.45) is 0 Å². The van der Waals surface area contributed by atoms with E-state index < -0.39 is 16.1 Å². The Bertz CT molecular complexity index is 1220. The first-order chi connectivity index (χ1) is 18.7. The number of amides is 2. The normalized spacial score (nSPS) is 14.3.